The lowest BCUT2D eigenvalue weighted by molar-refractivity contribution is -0.139. The molecule has 0 saturated carbocycles. The quantitative estimate of drug-likeness (QED) is 0.850. The lowest BCUT2D eigenvalue weighted by atomic mass is 10.1. The maximum atomic E-state index is 12.5. The number of fused-ring (bicyclic) bond motifs is 1. The lowest BCUT2D eigenvalue weighted by Crippen LogP contribution is -2.41. The molecule has 0 aliphatic carbocycles. The van der Waals surface area contributed by atoms with Crippen molar-refractivity contribution in [2.24, 2.45) is 0 Å². The Morgan fingerprint density at radius 1 is 1.45 bits per heavy atom. The Hall–Kier alpha value is -1.89. The van der Waals surface area contributed by atoms with Crippen LogP contribution in [0.5, 0.6) is 0 Å². The first-order valence-corrected chi connectivity index (χ1v) is 7.83. The van der Waals surface area contributed by atoms with Crippen molar-refractivity contribution in [3.8, 4) is 0 Å². The highest BCUT2D eigenvalue weighted by molar-refractivity contribution is 9.10. The van der Waals surface area contributed by atoms with Gasteiger partial charge in [0.25, 0.3) is 5.91 Å². The van der Waals surface area contributed by atoms with Gasteiger partial charge in [-0.2, -0.15) is 0 Å². The summed E-state index contributed by atoms with van der Waals surface area (Å²) in [6, 6.07) is 1.02. The number of nitrogens with one attached hydrogen (secondary N) is 1. The van der Waals surface area contributed by atoms with Crippen molar-refractivity contribution in [2.45, 2.75) is 39.7 Å². The Morgan fingerprint density at radius 2 is 2.14 bits per heavy atom. The molecule has 0 aliphatic rings. The number of aryl methyl sites for hydroxylation is 2. The molecule has 6 nitrogen and oxygen atoms in total. The first kappa shape index (κ1) is 16.5. The van der Waals surface area contributed by atoms with Gasteiger partial charge in [0, 0.05) is 10.7 Å². The van der Waals surface area contributed by atoms with Crippen LogP contribution in [0.1, 0.15) is 41.5 Å². The maximum Gasteiger partial charge on any atom is 0.326 e. The average Bonchev–Trinajstić information content (AvgIpc) is 2.74. The third kappa shape index (κ3) is 3.14. The highest BCUT2D eigenvalue weighted by atomic mass is 79.9. The minimum atomic E-state index is -1.03. The van der Waals surface area contributed by atoms with E-state index in [1.165, 1.54) is 0 Å². The fourth-order valence-electron chi connectivity index (χ4n) is 2.43. The van der Waals surface area contributed by atoms with Gasteiger partial charge >= 0.3 is 5.97 Å². The number of aromatic nitrogens is 2. The number of carbonyl (C=O) groups excluding carboxylic acids is 1. The van der Waals surface area contributed by atoms with E-state index in [0.717, 1.165) is 10.0 Å². The Bertz CT molecular complexity index is 739. The Morgan fingerprint density at radius 3 is 2.73 bits per heavy atom. The van der Waals surface area contributed by atoms with E-state index in [9.17, 15) is 14.7 Å². The van der Waals surface area contributed by atoms with Crippen LogP contribution in [0.4, 0.5) is 0 Å². The van der Waals surface area contributed by atoms with Gasteiger partial charge < -0.3 is 10.4 Å². The van der Waals surface area contributed by atoms with Crippen molar-refractivity contribution in [1.29, 1.82) is 0 Å². The summed E-state index contributed by atoms with van der Waals surface area (Å²) in [7, 11) is 0. The summed E-state index contributed by atoms with van der Waals surface area (Å²) >= 11 is 3.40. The summed E-state index contributed by atoms with van der Waals surface area (Å²) in [5.41, 5.74) is 2.55. The standard InChI is InChI=1S/C15H18BrN3O3/c1-4-5-11(15(21)22)18-14(20)12-9(3)17-13-8(2)6-10(16)7-19(12)13/h6-7,11H,4-5H2,1-3H3,(H,18,20)(H,21,22). The van der Waals surface area contributed by atoms with Crippen LogP contribution >= 0.6 is 15.9 Å². The van der Waals surface area contributed by atoms with Gasteiger partial charge in [-0.3, -0.25) is 9.20 Å². The molecule has 1 amide bonds. The molecule has 0 aromatic carbocycles. The van der Waals surface area contributed by atoms with Crippen LogP contribution in [0.25, 0.3) is 5.65 Å². The van der Waals surface area contributed by atoms with Gasteiger partial charge in [-0.1, -0.05) is 13.3 Å². The molecule has 0 aliphatic heterocycles. The molecule has 2 N–H and O–H groups in total. The molecule has 22 heavy (non-hydrogen) atoms. The second kappa shape index (κ2) is 6.48. The SMILES string of the molecule is CCCC(NC(=O)c1c(C)nc2c(C)cc(Br)cn12)C(=O)O. The van der Waals surface area contributed by atoms with E-state index in [2.05, 4.69) is 26.2 Å². The Labute approximate surface area is 136 Å². The number of halogens is 1. The van der Waals surface area contributed by atoms with Crippen molar-refractivity contribution in [1.82, 2.24) is 14.7 Å². The van der Waals surface area contributed by atoms with E-state index in [0.29, 0.717) is 29.9 Å². The van der Waals surface area contributed by atoms with Crippen LogP contribution in [-0.2, 0) is 4.79 Å². The van der Waals surface area contributed by atoms with Crippen LogP contribution in [0.3, 0.4) is 0 Å². The Balaban J connectivity index is 2.43. The molecule has 0 saturated heterocycles. The fraction of sp³-hybridized carbons (Fsp3) is 0.400. The monoisotopic (exact) mass is 367 g/mol. The van der Waals surface area contributed by atoms with Crippen molar-refractivity contribution < 1.29 is 14.7 Å². The summed E-state index contributed by atoms with van der Waals surface area (Å²) in [5, 5.41) is 11.8. The minimum Gasteiger partial charge on any atom is -0.480 e. The maximum absolute atomic E-state index is 12.5. The van der Waals surface area contributed by atoms with E-state index in [1.807, 2.05) is 19.9 Å². The van der Waals surface area contributed by atoms with Crippen molar-refractivity contribution in [3.05, 3.63) is 33.7 Å². The number of aliphatic carboxylic acids is 1. The number of nitrogens with zero attached hydrogens (tertiary/aromatic N) is 2. The van der Waals surface area contributed by atoms with Gasteiger partial charge in [-0.15, -0.1) is 0 Å². The van der Waals surface area contributed by atoms with Crippen LogP contribution in [0.15, 0.2) is 16.7 Å². The van der Waals surface area contributed by atoms with E-state index in [4.69, 9.17) is 0 Å². The summed E-state index contributed by atoms with van der Waals surface area (Å²) in [6.45, 7) is 5.53. The number of imidazole rings is 1. The second-order valence-corrected chi connectivity index (χ2v) is 6.15. The number of carboxylic acid groups (broad SMARTS) is 1. The van der Waals surface area contributed by atoms with Crippen LogP contribution in [0, 0.1) is 13.8 Å². The zero-order valence-electron chi connectivity index (χ0n) is 12.7. The molecule has 0 spiro atoms. The van der Waals surface area contributed by atoms with Gasteiger partial charge in [-0.25, -0.2) is 9.78 Å². The number of carboxylic acids is 1. The summed E-state index contributed by atoms with van der Waals surface area (Å²) in [5.74, 6) is -1.46. The molecule has 2 aromatic heterocycles. The topological polar surface area (TPSA) is 83.7 Å². The van der Waals surface area contributed by atoms with Gasteiger partial charge in [0.05, 0.1) is 5.69 Å². The normalized spacial score (nSPS) is 12.4. The fourth-order valence-corrected chi connectivity index (χ4v) is 2.98. The number of hydrogen-bond donors (Lipinski definition) is 2. The van der Waals surface area contributed by atoms with Gasteiger partial charge in [0.1, 0.15) is 17.4 Å². The third-order valence-electron chi connectivity index (χ3n) is 3.44. The smallest absolute Gasteiger partial charge is 0.326 e. The van der Waals surface area contributed by atoms with Crippen molar-refractivity contribution in [2.75, 3.05) is 0 Å². The average molecular weight is 368 g/mol. The number of hydrogen-bond acceptors (Lipinski definition) is 3. The number of rotatable bonds is 5. The van der Waals surface area contributed by atoms with E-state index in [-0.39, 0.29) is 0 Å². The highest BCUT2D eigenvalue weighted by Gasteiger charge is 2.24. The predicted octanol–water partition coefficient (Wildman–Crippen LogP) is 2.70. The molecule has 0 fully saturated rings. The van der Waals surface area contributed by atoms with E-state index in [1.54, 1.807) is 17.5 Å². The molecule has 2 rings (SSSR count). The number of carbonyl (C=O) groups is 2. The summed E-state index contributed by atoms with van der Waals surface area (Å²) in [6.07, 6.45) is 2.82. The molecule has 2 heterocycles. The van der Waals surface area contributed by atoms with Crippen LogP contribution in [-0.4, -0.2) is 32.4 Å². The second-order valence-electron chi connectivity index (χ2n) is 5.23. The molecule has 7 heteroatoms. The molecule has 118 valence electrons. The van der Waals surface area contributed by atoms with Gasteiger partial charge in [0.2, 0.25) is 0 Å². The molecule has 2 aromatic rings. The molecular formula is C15H18BrN3O3. The zero-order chi connectivity index (χ0) is 16.4. The van der Waals surface area contributed by atoms with Crippen molar-refractivity contribution >= 4 is 33.5 Å². The lowest BCUT2D eigenvalue weighted by Gasteiger charge is -2.13. The number of amides is 1. The first-order valence-electron chi connectivity index (χ1n) is 7.03. The number of pyridine rings is 1. The molecule has 0 bridgehead atoms. The summed E-state index contributed by atoms with van der Waals surface area (Å²) in [4.78, 5) is 28.1. The van der Waals surface area contributed by atoms with Gasteiger partial charge in [-0.05, 0) is 47.8 Å². The third-order valence-corrected chi connectivity index (χ3v) is 3.87. The largest absolute Gasteiger partial charge is 0.480 e. The molecular weight excluding hydrogens is 350 g/mol. The summed E-state index contributed by atoms with van der Waals surface area (Å²) < 4.78 is 2.52. The van der Waals surface area contributed by atoms with E-state index >= 15 is 0 Å². The minimum absolute atomic E-state index is 0.363. The Kier molecular flexibility index (Phi) is 4.85. The molecule has 1 unspecified atom stereocenters. The highest BCUT2D eigenvalue weighted by Crippen LogP contribution is 2.20. The molecule has 0 radical (unpaired) electrons. The first-order chi connectivity index (χ1) is 10.3. The predicted molar refractivity (Wildman–Crippen MR) is 86.2 cm³/mol. The van der Waals surface area contributed by atoms with Gasteiger partial charge in [0.15, 0.2) is 0 Å². The van der Waals surface area contributed by atoms with E-state index < -0.39 is 17.9 Å². The molecule has 1 atom stereocenters. The zero-order valence-corrected chi connectivity index (χ0v) is 14.3. The van der Waals surface area contributed by atoms with Crippen molar-refractivity contribution in [3.63, 3.8) is 0 Å². The van der Waals surface area contributed by atoms with Crippen LogP contribution in [0.2, 0.25) is 0 Å². The van der Waals surface area contributed by atoms with Crippen LogP contribution < -0.4 is 5.32 Å².